The summed E-state index contributed by atoms with van der Waals surface area (Å²) in [5, 5.41) is 0.424. The van der Waals surface area contributed by atoms with Gasteiger partial charge >= 0.3 is 0 Å². The van der Waals surface area contributed by atoms with Crippen LogP contribution < -0.4 is 18.9 Å². The summed E-state index contributed by atoms with van der Waals surface area (Å²) in [5.41, 5.74) is 1.25. The van der Waals surface area contributed by atoms with E-state index in [4.69, 9.17) is 30.5 Å². The number of carbonyl (C=O) groups excluding carboxylic acids is 1. The van der Waals surface area contributed by atoms with Crippen molar-refractivity contribution in [2.45, 2.75) is 20.0 Å². The molecule has 0 bridgehead atoms. The molecule has 0 saturated heterocycles. The molecule has 0 fully saturated rings. The Morgan fingerprint density at radius 2 is 1.96 bits per heavy atom. The summed E-state index contributed by atoms with van der Waals surface area (Å²) < 4.78 is 21.6. The fraction of sp³-hybridized carbons (Fsp3) is 0.250. The summed E-state index contributed by atoms with van der Waals surface area (Å²) in [6, 6.07) is 8.59. The molecule has 6 heteroatoms. The molecule has 2 aromatic rings. The highest BCUT2D eigenvalue weighted by Crippen LogP contribution is 2.37. The first kappa shape index (κ1) is 18.1. The molecule has 1 heterocycles. The zero-order valence-electron chi connectivity index (χ0n) is 14.7. The minimum absolute atomic E-state index is 0.0321. The lowest BCUT2D eigenvalue weighted by molar-refractivity contribution is 0.104. The van der Waals surface area contributed by atoms with Gasteiger partial charge in [-0.05, 0) is 55.8 Å². The number of allylic oxidation sites excluding steroid dienone is 1. The van der Waals surface area contributed by atoms with E-state index in [1.54, 1.807) is 43.5 Å². The van der Waals surface area contributed by atoms with Crippen molar-refractivity contribution in [3.05, 3.63) is 52.6 Å². The molecule has 5 nitrogen and oxygen atoms in total. The lowest BCUT2D eigenvalue weighted by Gasteiger charge is -2.15. The zero-order chi connectivity index (χ0) is 18.7. The highest BCUT2D eigenvalue weighted by molar-refractivity contribution is 6.32. The van der Waals surface area contributed by atoms with E-state index in [-0.39, 0.29) is 18.7 Å². The van der Waals surface area contributed by atoms with Gasteiger partial charge in [-0.25, -0.2) is 0 Å². The van der Waals surface area contributed by atoms with E-state index in [9.17, 15) is 4.79 Å². The Labute approximate surface area is 157 Å². The minimum Gasteiger partial charge on any atom is -0.493 e. The average molecular weight is 375 g/mol. The number of ether oxygens (including phenoxy) is 4. The van der Waals surface area contributed by atoms with E-state index in [0.717, 1.165) is 5.56 Å². The van der Waals surface area contributed by atoms with Gasteiger partial charge in [0, 0.05) is 5.56 Å². The maximum absolute atomic E-state index is 12.4. The van der Waals surface area contributed by atoms with Gasteiger partial charge in [0.2, 0.25) is 6.79 Å². The fourth-order valence-corrected chi connectivity index (χ4v) is 2.77. The largest absolute Gasteiger partial charge is 0.493 e. The lowest BCUT2D eigenvalue weighted by Crippen LogP contribution is -2.07. The van der Waals surface area contributed by atoms with E-state index in [0.29, 0.717) is 33.6 Å². The molecule has 0 amide bonds. The number of fused-ring (bicyclic) bond motifs is 1. The van der Waals surface area contributed by atoms with Gasteiger partial charge in [-0.2, -0.15) is 0 Å². The molecule has 3 rings (SSSR count). The van der Waals surface area contributed by atoms with E-state index in [1.807, 2.05) is 13.8 Å². The highest BCUT2D eigenvalue weighted by Gasteiger charge is 2.16. The van der Waals surface area contributed by atoms with Crippen LogP contribution in [-0.4, -0.2) is 25.8 Å². The summed E-state index contributed by atoms with van der Waals surface area (Å²) in [6.07, 6.45) is 3.13. The third kappa shape index (κ3) is 3.94. The standard InChI is InChI=1S/C20H19ClO5/c1-12(2)26-20-15(21)8-13(9-19(20)23-3)4-6-16(22)14-5-7-17-18(10-14)25-11-24-17/h4-10,12H,11H2,1-3H3/b6-4+. The topological polar surface area (TPSA) is 54.0 Å². The molecule has 0 N–H and O–H groups in total. The molecule has 1 aliphatic rings. The molecule has 0 aliphatic carbocycles. The molecule has 0 atom stereocenters. The van der Waals surface area contributed by atoms with Crippen molar-refractivity contribution in [3.63, 3.8) is 0 Å². The van der Waals surface area contributed by atoms with Crippen LogP contribution in [0.3, 0.4) is 0 Å². The highest BCUT2D eigenvalue weighted by atomic mass is 35.5. The normalized spacial score (nSPS) is 12.7. The smallest absolute Gasteiger partial charge is 0.231 e. The third-order valence-electron chi connectivity index (χ3n) is 3.69. The maximum Gasteiger partial charge on any atom is 0.231 e. The van der Waals surface area contributed by atoms with Crippen molar-refractivity contribution in [1.29, 1.82) is 0 Å². The summed E-state index contributed by atoms with van der Waals surface area (Å²) in [4.78, 5) is 12.4. The van der Waals surface area contributed by atoms with Gasteiger partial charge in [-0.3, -0.25) is 4.79 Å². The van der Waals surface area contributed by atoms with Crippen LogP contribution in [0.4, 0.5) is 0 Å². The Balaban J connectivity index is 1.81. The summed E-state index contributed by atoms with van der Waals surface area (Å²) in [7, 11) is 1.55. The predicted octanol–water partition coefficient (Wildman–Crippen LogP) is 4.76. The van der Waals surface area contributed by atoms with E-state index in [2.05, 4.69) is 0 Å². The quantitative estimate of drug-likeness (QED) is 0.539. The molecular weight excluding hydrogens is 356 g/mol. The number of hydrogen-bond donors (Lipinski definition) is 0. The van der Waals surface area contributed by atoms with E-state index in [1.165, 1.54) is 6.08 Å². The van der Waals surface area contributed by atoms with Crippen LogP contribution in [0.25, 0.3) is 6.08 Å². The average Bonchev–Trinajstić information content (AvgIpc) is 3.08. The Morgan fingerprint density at radius 3 is 2.69 bits per heavy atom. The molecule has 136 valence electrons. The van der Waals surface area contributed by atoms with Crippen molar-refractivity contribution in [1.82, 2.24) is 0 Å². The monoisotopic (exact) mass is 374 g/mol. The van der Waals surface area contributed by atoms with Crippen LogP contribution in [0, 0.1) is 0 Å². The molecule has 1 aliphatic heterocycles. The molecule has 0 unspecified atom stereocenters. The van der Waals surface area contributed by atoms with Crippen molar-refractivity contribution in [2.24, 2.45) is 0 Å². The van der Waals surface area contributed by atoms with Gasteiger partial charge in [-0.1, -0.05) is 17.7 Å². The second kappa shape index (κ2) is 7.70. The van der Waals surface area contributed by atoms with Crippen LogP contribution in [0.2, 0.25) is 5.02 Å². The molecule has 0 aromatic heterocycles. The first-order valence-electron chi connectivity index (χ1n) is 8.14. The van der Waals surface area contributed by atoms with Crippen molar-refractivity contribution in [2.75, 3.05) is 13.9 Å². The third-order valence-corrected chi connectivity index (χ3v) is 3.97. The Morgan fingerprint density at radius 1 is 1.19 bits per heavy atom. The Kier molecular flexibility index (Phi) is 5.38. The van der Waals surface area contributed by atoms with Gasteiger partial charge in [0.05, 0.1) is 18.2 Å². The SMILES string of the molecule is COc1cc(/C=C/C(=O)c2ccc3c(c2)OCO3)cc(Cl)c1OC(C)C. The number of halogens is 1. The van der Waals surface area contributed by atoms with Gasteiger partial charge in [0.25, 0.3) is 0 Å². The Bertz CT molecular complexity index is 858. The number of benzene rings is 2. The number of hydrogen-bond acceptors (Lipinski definition) is 5. The number of rotatable bonds is 6. The first-order chi connectivity index (χ1) is 12.5. The summed E-state index contributed by atoms with van der Waals surface area (Å²) >= 11 is 6.30. The maximum atomic E-state index is 12.4. The molecule has 0 radical (unpaired) electrons. The zero-order valence-corrected chi connectivity index (χ0v) is 15.5. The van der Waals surface area contributed by atoms with Crippen LogP contribution in [-0.2, 0) is 0 Å². The summed E-state index contributed by atoms with van der Waals surface area (Å²) in [6.45, 7) is 3.99. The fourth-order valence-electron chi connectivity index (χ4n) is 2.50. The second-order valence-electron chi connectivity index (χ2n) is 5.97. The van der Waals surface area contributed by atoms with Gasteiger partial charge in [0.15, 0.2) is 28.8 Å². The van der Waals surface area contributed by atoms with Crippen LogP contribution in [0.1, 0.15) is 29.8 Å². The molecule has 2 aromatic carbocycles. The molecule has 26 heavy (non-hydrogen) atoms. The van der Waals surface area contributed by atoms with Crippen molar-refractivity contribution in [3.8, 4) is 23.0 Å². The van der Waals surface area contributed by atoms with Crippen LogP contribution >= 0.6 is 11.6 Å². The number of methoxy groups -OCH3 is 1. The number of ketones is 1. The summed E-state index contributed by atoms with van der Waals surface area (Å²) in [5.74, 6) is 2.07. The van der Waals surface area contributed by atoms with Crippen molar-refractivity contribution >= 4 is 23.5 Å². The lowest BCUT2D eigenvalue weighted by atomic mass is 10.1. The predicted molar refractivity (Wildman–Crippen MR) is 99.7 cm³/mol. The molecule has 0 spiro atoms. The van der Waals surface area contributed by atoms with E-state index >= 15 is 0 Å². The second-order valence-corrected chi connectivity index (χ2v) is 6.37. The van der Waals surface area contributed by atoms with Gasteiger partial charge in [-0.15, -0.1) is 0 Å². The first-order valence-corrected chi connectivity index (χ1v) is 8.52. The van der Waals surface area contributed by atoms with Crippen molar-refractivity contribution < 1.29 is 23.7 Å². The Hall–Kier alpha value is -2.66. The van der Waals surface area contributed by atoms with Crippen LogP contribution in [0.15, 0.2) is 36.4 Å². The van der Waals surface area contributed by atoms with Gasteiger partial charge < -0.3 is 18.9 Å². The van der Waals surface area contributed by atoms with E-state index < -0.39 is 0 Å². The molecule has 0 saturated carbocycles. The molecular formula is C20H19ClO5. The van der Waals surface area contributed by atoms with Gasteiger partial charge in [0.1, 0.15) is 0 Å². The number of carbonyl (C=O) groups is 1. The van der Waals surface area contributed by atoms with Crippen LogP contribution in [0.5, 0.6) is 23.0 Å². The minimum atomic E-state index is -0.152.